The van der Waals surface area contributed by atoms with Crippen molar-refractivity contribution in [3.63, 3.8) is 0 Å². The monoisotopic (exact) mass is 359 g/mol. The number of rotatable bonds is 7. The van der Waals surface area contributed by atoms with Crippen LogP contribution >= 0.6 is 0 Å². The van der Waals surface area contributed by atoms with Crippen LogP contribution in [0.2, 0.25) is 0 Å². The first-order chi connectivity index (χ1) is 12.6. The van der Waals surface area contributed by atoms with Gasteiger partial charge in [0.2, 0.25) is 0 Å². The highest BCUT2D eigenvalue weighted by atomic mass is 19.3. The third-order valence-corrected chi connectivity index (χ3v) is 3.44. The van der Waals surface area contributed by atoms with Crippen molar-refractivity contribution >= 4 is 5.91 Å². The number of amides is 1. The lowest BCUT2D eigenvalue weighted by Gasteiger charge is -2.08. The number of carbonyl (C=O) groups is 1. The van der Waals surface area contributed by atoms with E-state index in [2.05, 4.69) is 15.3 Å². The highest BCUT2D eigenvalue weighted by Crippen LogP contribution is 2.19. The van der Waals surface area contributed by atoms with Crippen LogP contribution in [0.15, 0.2) is 59.6 Å². The Bertz CT molecular complexity index is 870. The molecule has 0 aliphatic rings. The van der Waals surface area contributed by atoms with Gasteiger partial charge in [0.25, 0.3) is 12.3 Å². The summed E-state index contributed by atoms with van der Waals surface area (Å²) in [4.78, 5) is 20.3. The maximum atomic E-state index is 12.3. The molecule has 1 N–H and O–H groups in total. The fourth-order valence-corrected chi connectivity index (χ4v) is 2.25. The van der Waals surface area contributed by atoms with Crippen LogP contribution in [0.4, 0.5) is 8.78 Å². The molecule has 0 saturated carbocycles. The van der Waals surface area contributed by atoms with Crippen molar-refractivity contribution in [1.29, 1.82) is 0 Å². The Kier molecular flexibility index (Phi) is 5.52. The Morgan fingerprint density at radius 3 is 2.92 bits per heavy atom. The average molecular weight is 359 g/mol. The van der Waals surface area contributed by atoms with Gasteiger partial charge in [-0.2, -0.15) is 0 Å². The zero-order valence-electron chi connectivity index (χ0n) is 13.6. The van der Waals surface area contributed by atoms with Gasteiger partial charge >= 0.3 is 0 Å². The predicted molar refractivity (Wildman–Crippen MR) is 88.8 cm³/mol. The number of carbonyl (C=O) groups excluding carboxylic acids is 1. The smallest absolute Gasteiger partial charge is 0.272 e. The summed E-state index contributed by atoms with van der Waals surface area (Å²) in [5.74, 6) is 0.536. The molecule has 0 aliphatic heterocycles. The van der Waals surface area contributed by atoms with E-state index >= 15 is 0 Å². The summed E-state index contributed by atoms with van der Waals surface area (Å²) in [6.45, 7) is -0.554. The number of benzene rings is 1. The Morgan fingerprint density at radius 1 is 1.27 bits per heavy atom. The van der Waals surface area contributed by atoms with Gasteiger partial charge in [-0.3, -0.25) is 9.78 Å². The zero-order chi connectivity index (χ0) is 18.4. The molecule has 6 nitrogen and oxygen atoms in total. The first-order valence-corrected chi connectivity index (χ1v) is 7.75. The summed E-state index contributed by atoms with van der Waals surface area (Å²) in [6, 6.07) is 9.89. The predicted octanol–water partition coefficient (Wildman–Crippen LogP) is 3.31. The minimum atomic E-state index is -2.55. The molecule has 2 aromatic heterocycles. The largest absolute Gasteiger partial charge is 0.488 e. The van der Waals surface area contributed by atoms with Crippen LogP contribution < -0.4 is 10.1 Å². The molecule has 0 unspecified atom stereocenters. The Labute approximate surface area is 147 Å². The molecule has 0 aliphatic carbocycles. The van der Waals surface area contributed by atoms with Gasteiger partial charge in [0.05, 0.1) is 18.4 Å². The second-order valence-corrected chi connectivity index (χ2v) is 5.31. The van der Waals surface area contributed by atoms with Crippen molar-refractivity contribution in [2.45, 2.75) is 13.0 Å². The second-order valence-electron chi connectivity index (χ2n) is 5.31. The standard InChI is InChI=1S/C18H15F2N3O3/c19-17(20)10-25-15-4-5-22-14(7-15)8-23-18(24)13-3-1-2-12(6-13)16-9-21-11-26-16/h1-7,9,11,17H,8,10H2,(H,23,24). The number of nitrogens with one attached hydrogen (secondary N) is 1. The van der Waals surface area contributed by atoms with E-state index in [9.17, 15) is 13.6 Å². The molecule has 3 rings (SSSR count). The molecule has 0 bridgehead atoms. The van der Waals surface area contributed by atoms with E-state index < -0.39 is 13.0 Å². The normalized spacial score (nSPS) is 10.7. The van der Waals surface area contributed by atoms with Gasteiger partial charge in [0, 0.05) is 23.4 Å². The molecule has 0 radical (unpaired) electrons. The van der Waals surface area contributed by atoms with Crippen LogP contribution in [-0.4, -0.2) is 28.9 Å². The SMILES string of the molecule is O=C(NCc1cc(OCC(F)F)ccn1)c1cccc(-c2cnco2)c1. The lowest BCUT2D eigenvalue weighted by Crippen LogP contribution is -2.23. The molecule has 3 aromatic rings. The molecule has 0 fully saturated rings. The molecule has 134 valence electrons. The van der Waals surface area contributed by atoms with Crippen molar-refractivity contribution in [2.24, 2.45) is 0 Å². The number of halogens is 2. The maximum Gasteiger partial charge on any atom is 0.272 e. The third kappa shape index (κ3) is 4.62. The summed E-state index contributed by atoms with van der Waals surface area (Å²) in [7, 11) is 0. The van der Waals surface area contributed by atoms with Gasteiger partial charge in [0.15, 0.2) is 12.2 Å². The first-order valence-electron chi connectivity index (χ1n) is 7.75. The molecule has 26 heavy (non-hydrogen) atoms. The van der Waals surface area contributed by atoms with Gasteiger partial charge in [-0.25, -0.2) is 13.8 Å². The Balaban J connectivity index is 1.62. The number of alkyl halides is 2. The van der Waals surface area contributed by atoms with Crippen molar-refractivity contribution in [2.75, 3.05) is 6.61 Å². The fraction of sp³-hybridized carbons (Fsp3) is 0.167. The average Bonchev–Trinajstić information content (AvgIpc) is 3.20. The summed E-state index contributed by atoms with van der Waals surface area (Å²) in [5, 5.41) is 2.73. The molecule has 0 spiro atoms. The summed E-state index contributed by atoms with van der Waals surface area (Å²) in [5.41, 5.74) is 1.68. The highest BCUT2D eigenvalue weighted by molar-refractivity contribution is 5.95. The number of oxazole rings is 1. The van der Waals surface area contributed by atoms with Crippen LogP contribution in [0, 0.1) is 0 Å². The number of aromatic nitrogens is 2. The molecule has 1 amide bonds. The second kappa shape index (κ2) is 8.19. The minimum absolute atomic E-state index is 0.136. The van der Waals surface area contributed by atoms with Crippen molar-refractivity contribution in [3.8, 4) is 17.1 Å². The van der Waals surface area contributed by atoms with E-state index in [0.29, 0.717) is 17.0 Å². The lowest BCUT2D eigenvalue weighted by molar-refractivity contribution is 0.0818. The van der Waals surface area contributed by atoms with E-state index in [1.165, 1.54) is 24.7 Å². The number of pyridine rings is 1. The zero-order valence-corrected chi connectivity index (χ0v) is 13.6. The molecule has 2 heterocycles. The number of hydrogen-bond acceptors (Lipinski definition) is 5. The van der Waals surface area contributed by atoms with Crippen LogP contribution in [0.5, 0.6) is 5.75 Å². The van der Waals surface area contributed by atoms with Crippen molar-refractivity contribution in [1.82, 2.24) is 15.3 Å². The van der Waals surface area contributed by atoms with Gasteiger partial charge in [-0.1, -0.05) is 12.1 Å². The van der Waals surface area contributed by atoms with Gasteiger partial charge in [0.1, 0.15) is 12.4 Å². The van der Waals surface area contributed by atoms with Crippen molar-refractivity contribution in [3.05, 3.63) is 66.4 Å². The summed E-state index contributed by atoms with van der Waals surface area (Å²) in [6.07, 6.45) is 1.76. The van der Waals surface area contributed by atoms with Gasteiger partial charge in [-0.05, 0) is 18.2 Å². The van der Waals surface area contributed by atoms with Crippen LogP contribution in [0.1, 0.15) is 16.1 Å². The van der Waals surface area contributed by atoms with Gasteiger partial charge in [-0.15, -0.1) is 0 Å². The third-order valence-electron chi connectivity index (χ3n) is 3.44. The lowest BCUT2D eigenvalue weighted by atomic mass is 10.1. The van der Waals surface area contributed by atoms with Crippen LogP contribution in [-0.2, 0) is 6.54 Å². The van der Waals surface area contributed by atoms with Crippen LogP contribution in [0.3, 0.4) is 0 Å². The Hall–Kier alpha value is -3.29. The van der Waals surface area contributed by atoms with E-state index in [-0.39, 0.29) is 18.2 Å². The number of hydrogen-bond donors (Lipinski definition) is 1. The fourth-order valence-electron chi connectivity index (χ4n) is 2.25. The molecule has 1 aromatic carbocycles. The minimum Gasteiger partial charge on any atom is -0.488 e. The van der Waals surface area contributed by atoms with Crippen molar-refractivity contribution < 1.29 is 22.7 Å². The molecular formula is C18H15F2N3O3. The number of ether oxygens (including phenoxy) is 1. The molecule has 0 atom stereocenters. The topological polar surface area (TPSA) is 77.2 Å². The maximum absolute atomic E-state index is 12.3. The highest BCUT2D eigenvalue weighted by Gasteiger charge is 2.10. The molecular weight excluding hydrogens is 344 g/mol. The quantitative estimate of drug-likeness (QED) is 0.700. The Morgan fingerprint density at radius 2 is 2.15 bits per heavy atom. The van der Waals surface area contributed by atoms with E-state index in [4.69, 9.17) is 9.15 Å². The first kappa shape index (κ1) is 17.5. The van der Waals surface area contributed by atoms with E-state index in [0.717, 1.165) is 5.56 Å². The molecule has 0 saturated heterocycles. The van der Waals surface area contributed by atoms with E-state index in [1.807, 2.05) is 6.07 Å². The van der Waals surface area contributed by atoms with Gasteiger partial charge < -0.3 is 14.5 Å². The number of nitrogens with zero attached hydrogens (tertiary/aromatic N) is 2. The summed E-state index contributed by atoms with van der Waals surface area (Å²) < 4.78 is 34.5. The summed E-state index contributed by atoms with van der Waals surface area (Å²) >= 11 is 0. The van der Waals surface area contributed by atoms with Crippen LogP contribution in [0.25, 0.3) is 11.3 Å². The molecule has 8 heteroatoms. The van der Waals surface area contributed by atoms with E-state index in [1.54, 1.807) is 24.4 Å².